The van der Waals surface area contributed by atoms with Gasteiger partial charge in [0.25, 0.3) is 0 Å². The lowest BCUT2D eigenvalue weighted by Gasteiger charge is -2.31. The van der Waals surface area contributed by atoms with Crippen LogP contribution in [0.25, 0.3) is 0 Å². The molecular formula is C21H32O5S. The molecule has 0 saturated carbocycles. The molecule has 0 bridgehead atoms. The molecule has 1 aliphatic heterocycles. The van der Waals surface area contributed by atoms with E-state index in [-0.39, 0.29) is 29.1 Å². The second kappa shape index (κ2) is 9.69. The highest BCUT2D eigenvalue weighted by molar-refractivity contribution is 7.91. The molecule has 0 N–H and O–H groups in total. The average Bonchev–Trinajstić information content (AvgIpc) is 2.60. The fraction of sp³-hybridized carbons (Fsp3) is 0.667. The van der Waals surface area contributed by atoms with Crippen molar-refractivity contribution >= 4 is 15.6 Å². The normalized spacial score (nSPS) is 20.6. The van der Waals surface area contributed by atoms with Gasteiger partial charge in [-0.25, -0.2) is 8.42 Å². The minimum atomic E-state index is -3.06. The number of ketones is 1. The van der Waals surface area contributed by atoms with Crippen LogP contribution in [0, 0.1) is 24.7 Å². The minimum Gasteiger partial charge on any atom is -0.493 e. The molecule has 0 radical (unpaired) electrons. The lowest BCUT2D eigenvalue weighted by molar-refractivity contribution is 0.00437. The highest BCUT2D eigenvalue weighted by atomic mass is 32.2. The van der Waals surface area contributed by atoms with Crippen molar-refractivity contribution in [3.8, 4) is 5.75 Å². The first-order valence-corrected chi connectivity index (χ1v) is 11.5. The molecule has 1 aliphatic rings. The summed E-state index contributed by atoms with van der Waals surface area (Å²) in [6, 6.07) is 5.39. The lowest BCUT2D eigenvalue weighted by Crippen LogP contribution is -2.36. The highest BCUT2D eigenvalue weighted by Crippen LogP contribution is 2.27. The Labute approximate surface area is 163 Å². The molecule has 1 heterocycles. The number of benzene rings is 1. The van der Waals surface area contributed by atoms with Gasteiger partial charge in [0, 0.05) is 18.1 Å². The topological polar surface area (TPSA) is 69.7 Å². The van der Waals surface area contributed by atoms with Crippen LogP contribution in [0.4, 0.5) is 0 Å². The summed E-state index contributed by atoms with van der Waals surface area (Å²) >= 11 is 0. The monoisotopic (exact) mass is 396 g/mol. The fourth-order valence-corrected chi connectivity index (χ4v) is 5.39. The van der Waals surface area contributed by atoms with Gasteiger partial charge in [0.1, 0.15) is 5.75 Å². The van der Waals surface area contributed by atoms with Crippen molar-refractivity contribution in [1.29, 1.82) is 0 Å². The van der Waals surface area contributed by atoms with E-state index >= 15 is 0 Å². The smallest absolute Gasteiger partial charge is 0.159 e. The third kappa shape index (κ3) is 6.92. The summed E-state index contributed by atoms with van der Waals surface area (Å²) in [6.07, 6.45) is 1.45. The number of hydrogen-bond acceptors (Lipinski definition) is 5. The Morgan fingerprint density at radius 3 is 2.67 bits per heavy atom. The van der Waals surface area contributed by atoms with E-state index in [0.717, 1.165) is 17.7 Å². The zero-order chi connectivity index (χ0) is 20.0. The summed E-state index contributed by atoms with van der Waals surface area (Å²) in [7, 11) is -3.06. The Balaban J connectivity index is 1.98. The molecule has 2 unspecified atom stereocenters. The molecule has 0 spiro atoms. The Morgan fingerprint density at radius 1 is 1.30 bits per heavy atom. The third-order valence-electron chi connectivity index (χ3n) is 5.14. The lowest BCUT2D eigenvalue weighted by atomic mass is 9.91. The second-order valence-corrected chi connectivity index (χ2v) is 10.3. The van der Waals surface area contributed by atoms with Crippen molar-refractivity contribution in [3.63, 3.8) is 0 Å². The van der Waals surface area contributed by atoms with Crippen molar-refractivity contribution in [2.75, 3.05) is 31.3 Å². The van der Waals surface area contributed by atoms with Gasteiger partial charge >= 0.3 is 0 Å². The Bertz CT molecular complexity index is 739. The van der Waals surface area contributed by atoms with Gasteiger partial charge in [0.05, 0.1) is 24.7 Å². The van der Waals surface area contributed by atoms with Crippen LogP contribution in [0.2, 0.25) is 0 Å². The Kier molecular flexibility index (Phi) is 7.86. The van der Waals surface area contributed by atoms with Crippen LogP contribution in [0.15, 0.2) is 18.2 Å². The predicted molar refractivity (Wildman–Crippen MR) is 107 cm³/mol. The maximum Gasteiger partial charge on any atom is 0.159 e. The number of rotatable bonds is 9. The molecule has 0 aliphatic carbocycles. The molecule has 1 saturated heterocycles. The number of ether oxygens (including phenoxy) is 2. The molecule has 1 aromatic carbocycles. The molecule has 1 aromatic rings. The summed E-state index contributed by atoms with van der Waals surface area (Å²) < 4.78 is 36.5. The van der Waals surface area contributed by atoms with Gasteiger partial charge in [-0.3, -0.25) is 4.79 Å². The van der Waals surface area contributed by atoms with Gasteiger partial charge in [0.15, 0.2) is 15.6 Å². The number of aryl methyl sites for hydroxylation is 1. The maximum atomic E-state index is 12.5. The molecule has 27 heavy (non-hydrogen) atoms. The van der Waals surface area contributed by atoms with Crippen LogP contribution < -0.4 is 4.74 Å². The average molecular weight is 397 g/mol. The summed E-state index contributed by atoms with van der Waals surface area (Å²) in [5.74, 6) is 1.71. The maximum absolute atomic E-state index is 12.5. The summed E-state index contributed by atoms with van der Waals surface area (Å²) in [6.45, 7) is 9.08. The largest absolute Gasteiger partial charge is 0.493 e. The van der Waals surface area contributed by atoms with Crippen LogP contribution in [0.1, 0.15) is 49.5 Å². The first-order chi connectivity index (χ1) is 12.7. The van der Waals surface area contributed by atoms with Gasteiger partial charge in [-0.2, -0.15) is 0 Å². The number of sulfone groups is 1. The van der Waals surface area contributed by atoms with E-state index in [1.807, 2.05) is 32.9 Å². The zero-order valence-electron chi connectivity index (χ0n) is 16.9. The van der Waals surface area contributed by atoms with E-state index in [9.17, 15) is 13.2 Å². The minimum absolute atomic E-state index is 0.0250. The Morgan fingerprint density at radius 2 is 2.04 bits per heavy atom. The van der Waals surface area contributed by atoms with Crippen LogP contribution in [0.3, 0.4) is 0 Å². The van der Waals surface area contributed by atoms with E-state index in [1.165, 1.54) is 0 Å². The van der Waals surface area contributed by atoms with Crippen LogP contribution in [-0.2, 0) is 14.6 Å². The molecule has 0 aromatic heterocycles. The van der Waals surface area contributed by atoms with Crippen molar-refractivity contribution in [3.05, 3.63) is 29.3 Å². The summed E-state index contributed by atoms with van der Waals surface area (Å²) in [4.78, 5) is 11.5. The van der Waals surface area contributed by atoms with Crippen molar-refractivity contribution in [2.45, 2.75) is 40.5 Å². The molecule has 2 rings (SSSR count). The van der Waals surface area contributed by atoms with E-state index in [2.05, 4.69) is 0 Å². The van der Waals surface area contributed by atoms with Crippen LogP contribution in [0.5, 0.6) is 5.75 Å². The van der Waals surface area contributed by atoms with Crippen molar-refractivity contribution < 1.29 is 22.7 Å². The van der Waals surface area contributed by atoms with Gasteiger partial charge in [-0.1, -0.05) is 13.8 Å². The van der Waals surface area contributed by atoms with Crippen LogP contribution >= 0.6 is 0 Å². The number of carbonyl (C=O) groups excluding carboxylic acids is 1. The molecule has 0 amide bonds. The van der Waals surface area contributed by atoms with E-state index in [0.29, 0.717) is 37.7 Å². The van der Waals surface area contributed by atoms with Gasteiger partial charge in [0.2, 0.25) is 0 Å². The van der Waals surface area contributed by atoms with Gasteiger partial charge in [-0.15, -0.1) is 0 Å². The number of hydrogen-bond donors (Lipinski definition) is 0. The number of carbonyl (C=O) groups is 1. The molecular weight excluding hydrogens is 364 g/mol. The molecule has 1 fully saturated rings. The molecule has 6 heteroatoms. The number of Topliss-reactive ketones (excluding diaryl/α,β-unsaturated/α-hetero) is 1. The predicted octanol–water partition coefficient (Wildman–Crippen LogP) is 3.69. The van der Waals surface area contributed by atoms with E-state index in [1.54, 1.807) is 13.0 Å². The molecule has 152 valence electrons. The van der Waals surface area contributed by atoms with E-state index in [4.69, 9.17) is 9.47 Å². The molecule has 5 nitrogen and oxygen atoms in total. The summed E-state index contributed by atoms with van der Waals surface area (Å²) in [5, 5.41) is 0. The van der Waals surface area contributed by atoms with Crippen LogP contribution in [-0.4, -0.2) is 45.5 Å². The summed E-state index contributed by atoms with van der Waals surface area (Å²) in [5.41, 5.74) is 1.57. The second-order valence-electron chi connectivity index (χ2n) is 8.03. The standard InChI is InChI=1S/C21H32O5S/c1-15(2)8-10-27(23,24)14-19-7-9-25-12-20(19)13-26-21-6-5-18(17(4)22)11-16(21)3/h5-6,11,15,19-20H,7-10,12-14H2,1-4H3. The quantitative estimate of drug-likeness (QED) is 0.596. The highest BCUT2D eigenvalue weighted by Gasteiger charge is 2.30. The SMILES string of the molecule is CC(=O)c1ccc(OCC2COCCC2CS(=O)(=O)CCC(C)C)c(C)c1. The van der Waals surface area contributed by atoms with Crippen molar-refractivity contribution in [2.24, 2.45) is 17.8 Å². The Hall–Kier alpha value is -1.40. The zero-order valence-corrected chi connectivity index (χ0v) is 17.7. The van der Waals surface area contributed by atoms with Gasteiger partial charge in [-0.05, 0) is 62.3 Å². The molecule has 2 atom stereocenters. The fourth-order valence-electron chi connectivity index (χ4n) is 3.30. The third-order valence-corrected chi connectivity index (χ3v) is 6.93. The first-order valence-electron chi connectivity index (χ1n) is 9.70. The van der Waals surface area contributed by atoms with E-state index < -0.39 is 9.84 Å². The first kappa shape index (κ1) is 21.9. The van der Waals surface area contributed by atoms with Crippen molar-refractivity contribution in [1.82, 2.24) is 0 Å². The van der Waals surface area contributed by atoms with Gasteiger partial charge < -0.3 is 9.47 Å².